The van der Waals surface area contributed by atoms with Crippen molar-refractivity contribution in [2.24, 2.45) is 56.4 Å². The number of benzene rings is 8. The average Bonchev–Trinajstić information content (AvgIpc) is 0.806. The molecule has 8 heteroatoms. The Morgan fingerprint density at radius 2 is 0.554 bits per heavy atom. The molecule has 0 atom stereocenters. The van der Waals surface area contributed by atoms with Crippen molar-refractivity contribution < 1.29 is 36.5 Å². The van der Waals surface area contributed by atoms with Crippen LogP contribution in [0.15, 0.2) is 310 Å². The van der Waals surface area contributed by atoms with Crippen LogP contribution in [-0.4, -0.2) is 0 Å². The van der Waals surface area contributed by atoms with Gasteiger partial charge in [-0.3, -0.25) is 0 Å². The van der Waals surface area contributed by atoms with Crippen LogP contribution in [0.2, 0.25) is 0 Å². The molecule has 0 spiro atoms. The van der Waals surface area contributed by atoms with Crippen molar-refractivity contribution in [2.75, 3.05) is 0 Å². The van der Waals surface area contributed by atoms with Crippen LogP contribution in [0, 0.1) is 34.6 Å². The second-order valence-electron chi connectivity index (χ2n) is 26.7. The van der Waals surface area contributed by atoms with Crippen LogP contribution < -0.4 is 36.5 Å². The molecule has 8 nitrogen and oxygen atoms in total. The Morgan fingerprint density at radius 1 is 0.208 bits per heavy atom. The fraction of sp³-hybridized carbons (Fsp3) is 0.140. The summed E-state index contributed by atoms with van der Waals surface area (Å²) in [6, 6.07) is 95.1. The monoisotopic (exact) mass is 1320 g/mol. The predicted octanol–water partition coefficient (Wildman–Crippen LogP) is 16.8. The SMILES string of the molecule is Cc1c(-c2cccc[n+]2C)cccc1-c1c2ccccc2cc[n+]1C.Cc1c(-c2cccc[n+]2C)cccc1-c1cc2ccccc2c[n+]1C.Cc1c(-c2cccc[n+]2C)cccc1-c1ccc2ccccc2[n+]1C.Cc1cc[n+](C)c(-c2cccc(-c3c4ccccc4cc[n+]3C)c2C)c1. The molecule has 0 fully saturated rings. The molecule has 0 saturated heterocycles. The summed E-state index contributed by atoms with van der Waals surface area (Å²) in [5, 5.41) is 8.90. The highest BCUT2D eigenvalue weighted by atomic mass is 15.0. The third kappa shape index (κ3) is 13.8. The lowest BCUT2D eigenvalue weighted by Gasteiger charge is -2.11. The van der Waals surface area contributed by atoms with E-state index in [1.54, 1.807) is 0 Å². The number of pyridine rings is 8. The maximum atomic E-state index is 2.28. The Hall–Kier alpha value is -12.0. The van der Waals surface area contributed by atoms with Crippen molar-refractivity contribution in [3.63, 3.8) is 0 Å². The van der Waals surface area contributed by atoms with Gasteiger partial charge >= 0.3 is 0 Å². The molecule has 8 aromatic heterocycles. The minimum Gasteiger partial charge on any atom is -0.201 e. The van der Waals surface area contributed by atoms with Crippen molar-refractivity contribution in [3.8, 4) is 90.1 Å². The third-order valence-electron chi connectivity index (χ3n) is 20.1. The summed E-state index contributed by atoms with van der Waals surface area (Å²) in [6.45, 7) is 11.0. The first-order chi connectivity index (χ1) is 49.0. The van der Waals surface area contributed by atoms with Gasteiger partial charge in [-0.25, -0.2) is 32.0 Å². The fourth-order valence-electron chi connectivity index (χ4n) is 14.5. The summed E-state index contributed by atoms with van der Waals surface area (Å²) in [5.41, 5.74) is 27.8. The van der Waals surface area contributed by atoms with Gasteiger partial charge in [-0.1, -0.05) is 91.0 Å². The van der Waals surface area contributed by atoms with Gasteiger partial charge in [-0.05, 0) is 176 Å². The number of nitrogens with zero attached hydrogens (tertiary/aromatic N) is 8. The van der Waals surface area contributed by atoms with Crippen molar-refractivity contribution in [3.05, 3.63) is 338 Å². The molecule has 0 radical (unpaired) electrons. The van der Waals surface area contributed by atoms with E-state index >= 15 is 0 Å². The van der Waals surface area contributed by atoms with Crippen molar-refractivity contribution in [1.29, 1.82) is 0 Å². The zero-order valence-corrected chi connectivity index (χ0v) is 60.5. The lowest BCUT2D eigenvalue weighted by Crippen LogP contribution is -2.32. The zero-order valence-electron chi connectivity index (χ0n) is 60.5. The minimum absolute atomic E-state index is 1.23. The van der Waals surface area contributed by atoms with Gasteiger partial charge in [0.2, 0.25) is 51.1 Å². The van der Waals surface area contributed by atoms with Gasteiger partial charge in [0.25, 0.3) is 0 Å². The van der Waals surface area contributed by atoms with Crippen LogP contribution in [0.5, 0.6) is 0 Å². The second-order valence-corrected chi connectivity index (χ2v) is 26.7. The normalized spacial score (nSPS) is 11.0. The van der Waals surface area contributed by atoms with Crippen LogP contribution in [0.4, 0.5) is 0 Å². The predicted molar refractivity (Wildman–Crippen MR) is 412 cm³/mol. The van der Waals surface area contributed by atoms with Crippen LogP contribution >= 0.6 is 0 Å². The van der Waals surface area contributed by atoms with Gasteiger partial charge in [0.05, 0.1) is 21.9 Å². The molecule has 8 aromatic carbocycles. The van der Waals surface area contributed by atoms with Crippen LogP contribution in [0.3, 0.4) is 0 Å². The number of aryl methyl sites for hydroxylation is 9. The molecule has 0 saturated carbocycles. The lowest BCUT2D eigenvalue weighted by molar-refractivity contribution is -0.660. The topological polar surface area (TPSA) is 31.0 Å². The van der Waals surface area contributed by atoms with E-state index in [9.17, 15) is 0 Å². The number of para-hydroxylation sites is 1. The van der Waals surface area contributed by atoms with Crippen molar-refractivity contribution in [1.82, 2.24) is 0 Å². The van der Waals surface area contributed by atoms with Gasteiger partial charge in [-0.15, -0.1) is 0 Å². The summed E-state index contributed by atoms with van der Waals surface area (Å²) >= 11 is 0. The van der Waals surface area contributed by atoms with E-state index < -0.39 is 0 Å². The number of rotatable bonds is 8. The molecule has 101 heavy (non-hydrogen) atoms. The smallest absolute Gasteiger partial charge is 0.201 e. The quantitative estimate of drug-likeness (QED) is 0.136. The Kier molecular flexibility index (Phi) is 19.8. The summed E-state index contributed by atoms with van der Waals surface area (Å²) in [6.07, 6.45) is 14.9. The van der Waals surface area contributed by atoms with Crippen LogP contribution in [0.1, 0.15) is 27.8 Å². The zero-order chi connectivity index (χ0) is 70.4. The van der Waals surface area contributed by atoms with E-state index in [-0.39, 0.29) is 0 Å². The molecule has 0 aliphatic carbocycles. The first-order valence-electron chi connectivity index (χ1n) is 34.8. The van der Waals surface area contributed by atoms with Gasteiger partial charge in [0, 0.05) is 123 Å². The summed E-state index contributed by atoms with van der Waals surface area (Å²) < 4.78 is 17.7. The van der Waals surface area contributed by atoms with E-state index in [2.05, 4.69) is 438 Å². The van der Waals surface area contributed by atoms with Crippen LogP contribution in [0.25, 0.3) is 133 Å². The molecule has 494 valence electrons. The van der Waals surface area contributed by atoms with E-state index in [0.717, 1.165) is 0 Å². The van der Waals surface area contributed by atoms with Gasteiger partial charge in [0.15, 0.2) is 43.4 Å². The molecular formula is C93H90N8+8. The highest BCUT2D eigenvalue weighted by Gasteiger charge is 2.26. The van der Waals surface area contributed by atoms with Gasteiger partial charge in [0.1, 0.15) is 56.4 Å². The minimum atomic E-state index is 1.23. The number of fused-ring (bicyclic) bond motifs is 4. The van der Waals surface area contributed by atoms with Gasteiger partial charge < -0.3 is 0 Å². The Bertz CT molecular complexity index is 5680. The maximum absolute atomic E-state index is 2.28. The lowest BCUT2D eigenvalue weighted by atomic mass is 9.94. The Balaban J connectivity index is 0.000000120. The first-order valence-corrected chi connectivity index (χ1v) is 34.8. The van der Waals surface area contributed by atoms with Gasteiger partial charge in [-0.2, -0.15) is 4.57 Å². The largest absolute Gasteiger partial charge is 0.220 e. The molecule has 0 aliphatic rings. The molecule has 0 aliphatic heterocycles. The summed E-state index contributed by atoms with van der Waals surface area (Å²) in [7, 11) is 16.9. The van der Waals surface area contributed by atoms with E-state index in [4.69, 9.17) is 0 Å². The molecule has 16 aromatic rings. The second kappa shape index (κ2) is 29.6. The number of hydrogen-bond acceptors (Lipinski definition) is 0. The highest BCUT2D eigenvalue weighted by molar-refractivity contribution is 5.96. The average molecular weight is 1320 g/mol. The van der Waals surface area contributed by atoms with E-state index in [1.807, 2.05) is 0 Å². The molecule has 16 rings (SSSR count). The summed E-state index contributed by atoms with van der Waals surface area (Å²) in [4.78, 5) is 0. The number of aromatic nitrogens is 8. The van der Waals surface area contributed by atoms with Crippen LogP contribution in [-0.2, 0) is 56.4 Å². The van der Waals surface area contributed by atoms with E-state index in [1.165, 1.54) is 161 Å². The molecule has 0 amide bonds. The molecule has 8 heterocycles. The third-order valence-corrected chi connectivity index (χ3v) is 20.1. The first kappa shape index (κ1) is 67.6. The standard InChI is InChI=1S/C24H24N2.3C23H22N2/c1-17-12-14-25(3)23(16-17)20-10-7-11-21(18(20)2)24-22-9-6-5-8-19(22)13-15-26(24)4;1-17-19(22-13-6-7-16-24(22)2)10-8-11-20(17)23-15-14-18-9-4-5-12-21(18)25(23)3;1-17-19(22-13-6-7-15-24(22)2)11-8-12-20(17)23-21-10-5-4-9-18(21)14-16-25(23)3;1-17-20(22-13-6-7-14-24(22)2)11-8-12-21(17)23-15-18-9-4-5-10-19(18)16-25(23)3/h5-16H,1-4H3;3*4-16H,1-3H3/q4*+2. The highest BCUT2D eigenvalue weighted by Crippen LogP contribution is 2.36. The molecule has 0 N–H and O–H groups in total. The fourth-order valence-corrected chi connectivity index (χ4v) is 14.5. The van der Waals surface area contributed by atoms with Crippen molar-refractivity contribution in [2.45, 2.75) is 34.6 Å². The van der Waals surface area contributed by atoms with E-state index in [0.29, 0.717) is 0 Å². The van der Waals surface area contributed by atoms with Crippen molar-refractivity contribution >= 4 is 43.2 Å². The maximum Gasteiger partial charge on any atom is 0.220 e. The molecular weight excluding hydrogens is 1230 g/mol. The Labute approximate surface area is 595 Å². The summed E-state index contributed by atoms with van der Waals surface area (Å²) in [5.74, 6) is 0. The number of hydrogen-bond donors (Lipinski definition) is 0. The molecule has 0 bridgehead atoms. The molecule has 0 unspecified atom stereocenters. The Morgan fingerprint density at radius 3 is 1.02 bits per heavy atom.